The van der Waals surface area contributed by atoms with Gasteiger partial charge in [-0.25, -0.2) is 12.8 Å². The van der Waals surface area contributed by atoms with Gasteiger partial charge in [0.1, 0.15) is 15.7 Å². The van der Waals surface area contributed by atoms with Gasteiger partial charge >= 0.3 is 0 Å². The molecule has 0 aromatic heterocycles. The molecule has 0 spiro atoms. The average molecular weight is 305 g/mol. The van der Waals surface area contributed by atoms with Crippen molar-refractivity contribution in [2.24, 2.45) is 0 Å². The molecule has 1 aromatic rings. The van der Waals surface area contributed by atoms with Gasteiger partial charge in [0.2, 0.25) is 0 Å². The minimum absolute atomic E-state index is 0.0236. The average Bonchev–Trinajstić information content (AvgIpc) is 2.36. The van der Waals surface area contributed by atoms with Crippen LogP contribution in [0.1, 0.15) is 5.56 Å². The lowest BCUT2D eigenvalue weighted by atomic mass is 10.2. The first kappa shape index (κ1) is 17.0. The van der Waals surface area contributed by atoms with Gasteiger partial charge in [0.15, 0.2) is 0 Å². The normalized spacial score (nSPS) is 13.3. The van der Waals surface area contributed by atoms with E-state index >= 15 is 0 Å². The molecule has 114 valence electrons. The third-order valence-corrected chi connectivity index (χ3v) is 3.50. The van der Waals surface area contributed by atoms with E-state index in [4.69, 9.17) is 4.74 Å². The summed E-state index contributed by atoms with van der Waals surface area (Å²) in [5.74, 6) is -0.316. The second-order valence-corrected chi connectivity index (χ2v) is 6.85. The summed E-state index contributed by atoms with van der Waals surface area (Å²) in [5.41, 5.74) is 0.435. The summed E-state index contributed by atoms with van der Waals surface area (Å²) >= 11 is 0. The molecular formula is C13H20FNO4S. The van der Waals surface area contributed by atoms with E-state index in [-0.39, 0.29) is 37.9 Å². The van der Waals surface area contributed by atoms with Gasteiger partial charge in [-0.05, 0) is 6.07 Å². The van der Waals surface area contributed by atoms with Crippen molar-refractivity contribution in [3.05, 3.63) is 35.6 Å². The quantitative estimate of drug-likeness (QED) is 0.643. The topological polar surface area (TPSA) is 75.6 Å². The monoisotopic (exact) mass is 305 g/mol. The van der Waals surface area contributed by atoms with Crippen molar-refractivity contribution in [3.8, 4) is 0 Å². The second kappa shape index (κ2) is 8.31. The number of hydrogen-bond acceptors (Lipinski definition) is 5. The van der Waals surface area contributed by atoms with Gasteiger partial charge in [0, 0.05) is 24.9 Å². The van der Waals surface area contributed by atoms with Crippen molar-refractivity contribution in [2.45, 2.75) is 12.7 Å². The number of aliphatic hydroxyl groups excluding tert-OH is 1. The van der Waals surface area contributed by atoms with Crippen LogP contribution in [0.2, 0.25) is 0 Å². The maximum Gasteiger partial charge on any atom is 0.148 e. The SMILES string of the molecule is CS(=O)(=O)CCNCC(O)COCc1ccccc1F. The number of nitrogens with one attached hydrogen (secondary N) is 1. The van der Waals surface area contributed by atoms with Crippen LogP contribution in [-0.2, 0) is 21.2 Å². The molecule has 0 fully saturated rings. The first-order valence-corrected chi connectivity index (χ1v) is 8.32. The molecule has 0 heterocycles. The molecule has 0 amide bonds. The molecule has 1 rings (SSSR count). The molecule has 0 bridgehead atoms. The van der Waals surface area contributed by atoms with Gasteiger partial charge in [0.05, 0.1) is 25.1 Å². The zero-order valence-electron chi connectivity index (χ0n) is 11.4. The number of hydrogen-bond donors (Lipinski definition) is 2. The molecule has 20 heavy (non-hydrogen) atoms. The number of aliphatic hydroxyl groups is 1. The third-order valence-electron chi connectivity index (χ3n) is 2.56. The Morgan fingerprint density at radius 2 is 2.10 bits per heavy atom. The van der Waals surface area contributed by atoms with Gasteiger partial charge in [-0.1, -0.05) is 18.2 Å². The Kier molecular flexibility index (Phi) is 7.08. The molecule has 1 atom stereocenters. The Hall–Kier alpha value is -1.02. The van der Waals surface area contributed by atoms with Crippen molar-refractivity contribution >= 4 is 9.84 Å². The zero-order valence-corrected chi connectivity index (χ0v) is 12.2. The predicted molar refractivity (Wildman–Crippen MR) is 74.6 cm³/mol. The van der Waals surface area contributed by atoms with E-state index in [9.17, 15) is 17.9 Å². The molecule has 0 radical (unpaired) electrons. The number of sulfone groups is 1. The predicted octanol–water partition coefficient (Wildman–Crippen LogP) is 0.337. The fourth-order valence-corrected chi connectivity index (χ4v) is 2.02. The Bertz CT molecular complexity index is 507. The van der Waals surface area contributed by atoms with Gasteiger partial charge in [-0.2, -0.15) is 0 Å². The highest BCUT2D eigenvalue weighted by Gasteiger charge is 2.07. The third kappa shape index (κ3) is 7.54. The van der Waals surface area contributed by atoms with Crippen LogP contribution in [-0.4, -0.2) is 51.3 Å². The first-order valence-electron chi connectivity index (χ1n) is 6.26. The van der Waals surface area contributed by atoms with Crippen LogP contribution in [0.4, 0.5) is 4.39 Å². The Morgan fingerprint density at radius 1 is 1.40 bits per heavy atom. The van der Waals surface area contributed by atoms with E-state index in [0.717, 1.165) is 6.26 Å². The van der Waals surface area contributed by atoms with E-state index in [1.54, 1.807) is 18.2 Å². The van der Waals surface area contributed by atoms with Gasteiger partial charge in [-0.3, -0.25) is 0 Å². The van der Waals surface area contributed by atoms with Crippen molar-refractivity contribution in [2.75, 3.05) is 31.7 Å². The number of halogens is 1. The fourth-order valence-electron chi connectivity index (χ4n) is 1.51. The lowest BCUT2D eigenvalue weighted by Gasteiger charge is -2.12. The van der Waals surface area contributed by atoms with Crippen LogP contribution in [0.15, 0.2) is 24.3 Å². The van der Waals surface area contributed by atoms with E-state index < -0.39 is 15.9 Å². The van der Waals surface area contributed by atoms with Crippen LogP contribution in [0, 0.1) is 5.82 Å². The minimum atomic E-state index is -3.00. The molecular weight excluding hydrogens is 285 g/mol. The van der Waals surface area contributed by atoms with Crippen molar-refractivity contribution in [3.63, 3.8) is 0 Å². The summed E-state index contributed by atoms with van der Waals surface area (Å²) in [6, 6.07) is 6.28. The highest BCUT2D eigenvalue weighted by atomic mass is 32.2. The highest BCUT2D eigenvalue weighted by molar-refractivity contribution is 7.90. The van der Waals surface area contributed by atoms with E-state index in [1.807, 2.05) is 0 Å². The van der Waals surface area contributed by atoms with Crippen molar-refractivity contribution in [1.29, 1.82) is 0 Å². The van der Waals surface area contributed by atoms with E-state index in [2.05, 4.69) is 5.32 Å². The van der Waals surface area contributed by atoms with Crippen LogP contribution in [0.5, 0.6) is 0 Å². The Balaban J connectivity index is 2.14. The summed E-state index contributed by atoms with van der Waals surface area (Å²) in [7, 11) is -3.00. The molecule has 5 nitrogen and oxygen atoms in total. The molecule has 0 saturated heterocycles. The van der Waals surface area contributed by atoms with E-state index in [1.165, 1.54) is 6.07 Å². The van der Waals surface area contributed by atoms with Gasteiger partial charge < -0.3 is 15.2 Å². The van der Waals surface area contributed by atoms with Crippen molar-refractivity contribution < 1.29 is 22.7 Å². The van der Waals surface area contributed by atoms with Crippen LogP contribution in [0.25, 0.3) is 0 Å². The van der Waals surface area contributed by atoms with Crippen LogP contribution >= 0.6 is 0 Å². The largest absolute Gasteiger partial charge is 0.389 e. The minimum Gasteiger partial charge on any atom is -0.389 e. The number of benzene rings is 1. The smallest absolute Gasteiger partial charge is 0.148 e. The molecule has 2 N–H and O–H groups in total. The molecule has 0 aliphatic rings. The summed E-state index contributed by atoms with van der Waals surface area (Å²) in [5, 5.41) is 12.4. The van der Waals surface area contributed by atoms with Crippen molar-refractivity contribution in [1.82, 2.24) is 5.32 Å². The summed E-state index contributed by atoms with van der Waals surface area (Å²) in [6.07, 6.45) is 0.393. The molecule has 0 aliphatic carbocycles. The maximum atomic E-state index is 13.3. The summed E-state index contributed by atoms with van der Waals surface area (Å²) < 4.78 is 40.2. The molecule has 1 aromatic carbocycles. The van der Waals surface area contributed by atoms with Crippen LogP contribution in [0.3, 0.4) is 0 Å². The number of rotatable bonds is 9. The lowest BCUT2D eigenvalue weighted by molar-refractivity contribution is 0.0281. The van der Waals surface area contributed by atoms with E-state index in [0.29, 0.717) is 5.56 Å². The molecule has 0 saturated carbocycles. The zero-order chi connectivity index (χ0) is 15.0. The Labute approximate surface area is 118 Å². The van der Waals surface area contributed by atoms with Gasteiger partial charge in [-0.15, -0.1) is 0 Å². The molecule has 7 heteroatoms. The second-order valence-electron chi connectivity index (χ2n) is 4.59. The van der Waals surface area contributed by atoms with Gasteiger partial charge in [0.25, 0.3) is 0 Å². The Morgan fingerprint density at radius 3 is 2.75 bits per heavy atom. The standard InChI is InChI=1S/C13H20FNO4S/c1-20(17,18)7-6-15-8-12(16)10-19-9-11-4-2-3-5-13(11)14/h2-5,12,15-16H,6-10H2,1H3. The number of ether oxygens (including phenoxy) is 1. The highest BCUT2D eigenvalue weighted by Crippen LogP contribution is 2.07. The fraction of sp³-hybridized carbons (Fsp3) is 0.538. The molecule has 0 aliphatic heterocycles. The first-order chi connectivity index (χ1) is 9.38. The lowest BCUT2D eigenvalue weighted by Crippen LogP contribution is -2.33. The van der Waals surface area contributed by atoms with Crippen LogP contribution < -0.4 is 5.32 Å². The maximum absolute atomic E-state index is 13.3. The molecule has 1 unspecified atom stereocenters. The summed E-state index contributed by atoms with van der Waals surface area (Å²) in [6.45, 7) is 0.656. The summed E-state index contributed by atoms with van der Waals surface area (Å²) in [4.78, 5) is 0.